The van der Waals surface area contributed by atoms with Gasteiger partial charge in [-0.25, -0.2) is 13.4 Å². The molecule has 0 N–H and O–H groups in total. The number of rotatable bonds is 6. The van der Waals surface area contributed by atoms with Crippen molar-refractivity contribution in [3.05, 3.63) is 23.5 Å². The lowest BCUT2D eigenvalue weighted by Crippen LogP contribution is -2.43. The van der Waals surface area contributed by atoms with Gasteiger partial charge in [0, 0.05) is 38.8 Å². The number of aromatic nitrogens is 1. The van der Waals surface area contributed by atoms with Crippen molar-refractivity contribution in [1.82, 2.24) is 14.2 Å². The largest absolute Gasteiger partial charge is 0.346 e. The lowest BCUT2D eigenvalue weighted by Gasteiger charge is -2.32. The Kier molecular flexibility index (Phi) is 6.60. The first-order valence-corrected chi connectivity index (χ1v) is 10.1. The number of hydrogen-bond donors (Lipinski definition) is 0. The van der Waals surface area contributed by atoms with Crippen molar-refractivity contribution in [3.8, 4) is 0 Å². The molecule has 2 heterocycles. The van der Waals surface area contributed by atoms with Crippen molar-refractivity contribution in [2.75, 3.05) is 26.7 Å². The zero-order chi connectivity index (χ0) is 17.7. The molecule has 0 aliphatic carbocycles. The third kappa shape index (κ3) is 4.26. The number of amides is 1. The number of pyridine rings is 1. The topological polar surface area (TPSA) is 70.6 Å². The molecule has 1 aliphatic heterocycles. The minimum Gasteiger partial charge on any atom is -0.346 e. The normalized spacial score (nSPS) is 17.0. The fourth-order valence-corrected chi connectivity index (χ4v) is 4.76. The molecule has 1 saturated heterocycles. The standard InChI is InChI=1S/C16H24ClN3O3S/c1-3-4-10-19(2)16(21)13-7-11-20(12-8-13)24(22,23)14-6-5-9-18-15(14)17/h5-6,9,13H,3-4,7-8,10-12H2,1-2H3. The third-order valence-electron chi connectivity index (χ3n) is 4.37. The number of piperidine rings is 1. The minimum absolute atomic E-state index is 0.0185. The highest BCUT2D eigenvalue weighted by atomic mass is 35.5. The van der Waals surface area contributed by atoms with E-state index >= 15 is 0 Å². The van der Waals surface area contributed by atoms with Gasteiger partial charge in [-0.05, 0) is 31.4 Å². The van der Waals surface area contributed by atoms with E-state index in [-0.39, 0.29) is 21.9 Å². The molecular weight excluding hydrogens is 350 g/mol. The fourth-order valence-electron chi connectivity index (χ4n) is 2.86. The zero-order valence-corrected chi connectivity index (χ0v) is 15.7. The Labute approximate surface area is 148 Å². The highest BCUT2D eigenvalue weighted by Crippen LogP contribution is 2.27. The van der Waals surface area contributed by atoms with Crippen LogP contribution >= 0.6 is 11.6 Å². The SMILES string of the molecule is CCCCN(C)C(=O)C1CCN(S(=O)(=O)c2cccnc2Cl)CC1. The van der Waals surface area contributed by atoms with Crippen LogP contribution < -0.4 is 0 Å². The van der Waals surface area contributed by atoms with Crippen LogP contribution in [0.3, 0.4) is 0 Å². The maximum atomic E-state index is 12.7. The Balaban J connectivity index is 2.00. The second-order valence-corrected chi connectivity index (χ2v) is 8.35. The van der Waals surface area contributed by atoms with E-state index in [1.54, 1.807) is 11.0 Å². The summed E-state index contributed by atoms with van der Waals surface area (Å²) < 4.78 is 26.7. The summed E-state index contributed by atoms with van der Waals surface area (Å²) in [6.07, 6.45) is 4.55. The molecule has 0 unspecified atom stereocenters. The summed E-state index contributed by atoms with van der Waals surface area (Å²) in [6, 6.07) is 3.01. The van der Waals surface area contributed by atoms with Gasteiger partial charge in [-0.15, -0.1) is 0 Å². The van der Waals surface area contributed by atoms with Gasteiger partial charge in [0.2, 0.25) is 15.9 Å². The van der Waals surface area contributed by atoms with Crippen LogP contribution in [0.1, 0.15) is 32.6 Å². The first-order chi connectivity index (χ1) is 11.4. The van der Waals surface area contributed by atoms with Crippen LogP contribution in [0.25, 0.3) is 0 Å². The van der Waals surface area contributed by atoms with E-state index in [1.165, 1.54) is 16.6 Å². The smallest absolute Gasteiger partial charge is 0.246 e. The van der Waals surface area contributed by atoms with Crippen LogP contribution in [0.2, 0.25) is 5.15 Å². The predicted octanol–water partition coefficient (Wildman–Crippen LogP) is 2.39. The van der Waals surface area contributed by atoms with Crippen LogP contribution in [0, 0.1) is 5.92 Å². The van der Waals surface area contributed by atoms with Gasteiger partial charge in [0.1, 0.15) is 10.0 Å². The molecule has 1 aromatic heterocycles. The summed E-state index contributed by atoms with van der Waals surface area (Å²) in [7, 11) is -1.85. The van der Waals surface area contributed by atoms with Gasteiger partial charge in [0.25, 0.3) is 0 Å². The van der Waals surface area contributed by atoms with E-state index in [0.29, 0.717) is 25.9 Å². The number of hydrogen-bond acceptors (Lipinski definition) is 4. The maximum Gasteiger partial charge on any atom is 0.246 e. The van der Waals surface area contributed by atoms with E-state index in [4.69, 9.17) is 11.6 Å². The van der Waals surface area contributed by atoms with Crippen LogP contribution in [0.15, 0.2) is 23.2 Å². The molecule has 2 rings (SSSR count). The number of carbonyl (C=O) groups is 1. The van der Waals surface area contributed by atoms with Crippen LogP contribution in [-0.2, 0) is 14.8 Å². The number of unbranched alkanes of at least 4 members (excludes halogenated alkanes) is 1. The summed E-state index contributed by atoms with van der Waals surface area (Å²) in [5.41, 5.74) is 0. The Bertz CT molecular complexity index is 673. The molecule has 1 aliphatic rings. The van der Waals surface area contributed by atoms with Gasteiger partial charge in [-0.2, -0.15) is 4.31 Å². The first kappa shape index (κ1) is 19.1. The molecule has 0 spiro atoms. The third-order valence-corrected chi connectivity index (χ3v) is 6.71. The number of halogens is 1. The second-order valence-electron chi connectivity index (χ2n) is 6.08. The van der Waals surface area contributed by atoms with Crippen LogP contribution in [0.4, 0.5) is 0 Å². The summed E-state index contributed by atoms with van der Waals surface area (Å²) in [6.45, 7) is 3.49. The Morgan fingerprint density at radius 2 is 2.08 bits per heavy atom. The molecule has 6 nitrogen and oxygen atoms in total. The summed E-state index contributed by atoms with van der Waals surface area (Å²) in [4.78, 5) is 18.0. The molecule has 8 heteroatoms. The van der Waals surface area contributed by atoms with Crippen molar-refractivity contribution in [3.63, 3.8) is 0 Å². The average molecular weight is 374 g/mol. The van der Waals surface area contributed by atoms with E-state index in [0.717, 1.165) is 19.4 Å². The summed E-state index contributed by atoms with van der Waals surface area (Å²) >= 11 is 5.92. The Hall–Kier alpha value is -1.18. The van der Waals surface area contributed by atoms with E-state index in [9.17, 15) is 13.2 Å². The van der Waals surface area contributed by atoms with Crippen molar-refractivity contribution in [2.24, 2.45) is 5.92 Å². The second kappa shape index (κ2) is 8.27. The quantitative estimate of drug-likeness (QED) is 0.718. The van der Waals surface area contributed by atoms with Gasteiger partial charge in [0.15, 0.2) is 0 Å². The van der Waals surface area contributed by atoms with E-state index < -0.39 is 10.0 Å². The molecule has 134 valence electrons. The van der Waals surface area contributed by atoms with Crippen molar-refractivity contribution in [1.29, 1.82) is 0 Å². The van der Waals surface area contributed by atoms with Crippen molar-refractivity contribution >= 4 is 27.5 Å². The average Bonchev–Trinajstić information content (AvgIpc) is 2.59. The molecule has 0 atom stereocenters. The number of sulfonamides is 1. The lowest BCUT2D eigenvalue weighted by molar-refractivity contribution is -0.135. The molecule has 24 heavy (non-hydrogen) atoms. The fraction of sp³-hybridized carbons (Fsp3) is 0.625. The number of nitrogens with zero attached hydrogens (tertiary/aromatic N) is 3. The van der Waals surface area contributed by atoms with Gasteiger partial charge in [0.05, 0.1) is 0 Å². The molecule has 1 amide bonds. The van der Waals surface area contributed by atoms with Gasteiger partial charge < -0.3 is 4.90 Å². The van der Waals surface area contributed by atoms with Crippen LogP contribution in [0.5, 0.6) is 0 Å². The first-order valence-electron chi connectivity index (χ1n) is 8.23. The van der Waals surface area contributed by atoms with E-state index in [1.807, 2.05) is 7.05 Å². The highest BCUT2D eigenvalue weighted by Gasteiger charge is 2.34. The predicted molar refractivity (Wildman–Crippen MR) is 93.3 cm³/mol. The van der Waals surface area contributed by atoms with Gasteiger partial charge >= 0.3 is 0 Å². The summed E-state index contributed by atoms with van der Waals surface area (Å²) in [5, 5.41) is -0.0185. The molecule has 1 fully saturated rings. The molecular formula is C16H24ClN3O3S. The Morgan fingerprint density at radius 3 is 2.67 bits per heavy atom. The number of carbonyl (C=O) groups excluding carboxylic acids is 1. The van der Waals surface area contributed by atoms with Gasteiger partial charge in [-0.3, -0.25) is 4.79 Å². The van der Waals surface area contributed by atoms with Crippen molar-refractivity contribution < 1.29 is 13.2 Å². The van der Waals surface area contributed by atoms with Crippen LogP contribution in [-0.4, -0.2) is 55.2 Å². The lowest BCUT2D eigenvalue weighted by atomic mass is 9.96. The molecule has 1 aromatic rings. The van der Waals surface area contributed by atoms with Crippen molar-refractivity contribution in [2.45, 2.75) is 37.5 Å². The monoisotopic (exact) mass is 373 g/mol. The molecule has 0 radical (unpaired) electrons. The minimum atomic E-state index is -3.66. The zero-order valence-electron chi connectivity index (χ0n) is 14.1. The maximum absolute atomic E-state index is 12.7. The van der Waals surface area contributed by atoms with Gasteiger partial charge in [-0.1, -0.05) is 24.9 Å². The molecule has 0 saturated carbocycles. The molecule has 0 bridgehead atoms. The Morgan fingerprint density at radius 1 is 1.42 bits per heavy atom. The summed E-state index contributed by atoms with van der Waals surface area (Å²) in [5.74, 6) is 0.00239. The molecule has 0 aromatic carbocycles. The highest BCUT2D eigenvalue weighted by molar-refractivity contribution is 7.89. The van der Waals surface area contributed by atoms with E-state index in [2.05, 4.69) is 11.9 Å².